The van der Waals surface area contributed by atoms with E-state index in [4.69, 9.17) is 0 Å². The maximum Gasteiger partial charge on any atom is 0.247 e. The molecule has 0 radical (unpaired) electrons. The zero-order chi connectivity index (χ0) is 18.2. The lowest BCUT2D eigenvalue weighted by Crippen LogP contribution is -2.33. The molecule has 7 nitrogen and oxygen atoms in total. The minimum atomic E-state index is -3.74. The number of sulfonamides is 2. The fourth-order valence-electron chi connectivity index (χ4n) is 2.49. The topological polar surface area (TPSA) is 101 Å². The number of rotatable bonds is 6. The first kappa shape index (κ1) is 18.9. The van der Waals surface area contributed by atoms with Gasteiger partial charge in [0.15, 0.2) is 0 Å². The summed E-state index contributed by atoms with van der Waals surface area (Å²) in [5.74, 6) is -0.781. The van der Waals surface area contributed by atoms with Crippen molar-refractivity contribution in [3.63, 3.8) is 0 Å². The Morgan fingerprint density at radius 2 is 1.79 bits per heavy atom. The molecule has 0 atom stereocenters. The molecule has 0 unspecified atom stereocenters. The van der Waals surface area contributed by atoms with Crippen LogP contribution in [-0.2, 0) is 24.8 Å². The highest BCUT2D eigenvalue weighted by Gasteiger charge is 2.49. The molecule has 0 bridgehead atoms. The summed E-state index contributed by atoms with van der Waals surface area (Å²) >= 11 is 0. The van der Waals surface area contributed by atoms with E-state index in [1.54, 1.807) is 13.8 Å². The van der Waals surface area contributed by atoms with Gasteiger partial charge in [0.1, 0.15) is 0 Å². The van der Waals surface area contributed by atoms with Gasteiger partial charge in [-0.25, -0.2) is 25.9 Å². The van der Waals surface area contributed by atoms with Gasteiger partial charge in [0, 0.05) is 6.54 Å². The molecule has 0 aromatic heterocycles. The second kappa shape index (κ2) is 6.45. The maximum absolute atomic E-state index is 12.3. The summed E-state index contributed by atoms with van der Waals surface area (Å²) in [5, 5.41) is 0. The molecular formula is C15H22N2O5S2. The van der Waals surface area contributed by atoms with Crippen molar-refractivity contribution in [1.29, 1.82) is 0 Å². The Balaban J connectivity index is 2.29. The summed E-state index contributed by atoms with van der Waals surface area (Å²) in [5.41, 5.74) is -0.844. The molecule has 2 rings (SSSR count). The third-order valence-corrected chi connectivity index (χ3v) is 7.29. The Hall–Kier alpha value is -1.45. The fourth-order valence-corrected chi connectivity index (χ4v) is 5.67. The average Bonchev–Trinajstić information content (AvgIpc) is 2.63. The molecule has 1 heterocycles. The van der Waals surface area contributed by atoms with Crippen LogP contribution >= 0.6 is 0 Å². The van der Waals surface area contributed by atoms with Gasteiger partial charge in [0.05, 0.1) is 21.8 Å². The lowest BCUT2D eigenvalue weighted by molar-refractivity contribution is -0.123. The van der Waals surface area contributed by atoms with Gasteiger partial charge in [-0.05, 0) is 44.5 Å². The number of carbonyl (C=O) groups excluding carboxylic acids is 1. The van der Waals surface area contributed by atoms with Gasteiger partial charge in [-0.2, -0.15) is 0 Å². The molecule has 0 aliphatic carbocycles. The van der Waals surface area contributed by atoms with Gasteiger partial charge < -0.3 is 0 Å². The maximum atomic E-state index is 12.3. The van der Waals surface area contributed by atoms with Crippen molar-refractivity contribution < 1.29 is 21.6 Å². The molecule has 24 heavy (non-hydrogen) atoms. The summed E-state index contributed by atoms with van der Waals surface area (Å²) in [6, 6.07) is 5.28. The second-order valence-electron chi connectivity index (χ2n) is 6.45. The van der Waals surface area contributed by atoms with Crippen LogP contribution in [0.15, 0.2) is 29.2 Å². The lowest BCUT2D eigenvalue weighted by Gasteiger charge is -2.17. The van der Waals surface area contributed by atoms with Gasteiger partial charge in [-0.15, -0.1) is 0 Å². The summed E-state index contributed by atoms with van der Waals surface area (Å²) in [7, 11) is -7.38. The Morgan fingerprint density at radius 3 is 2.25 bits per heavy atom. The first-order valence-electron chi connectivity index (χ1n) is 7.68. The first-order valence-corrected chi connectivity index (χ1v) is 10.8. The van der Waals surface area contributed by atoms with E-state index < -0.39 is 31.4 Å². The van der Waals surface area contributed by atoms with Crippen molar-refractivity contribution in [3.05, 3.63) is 24.3 Å². The van der Waals surface area contributed by atoms with E-state index in [0.717, 1.165) is 17.1 Å². The van der Waals surface area contributed by atoms with E-state index in [-0.39, 0.29) is 16.3 Å². The number of hydrogen-bond donors (Lipinski definition) is 1. The molecule has 0 saturated carbocycles. The number of anilines is 1. The van der Waals surface area contributed by atoms with E-state index in [1.807, 2.05) is 6.92 Å². The minimum Gasteiger partial charge on any atom is -0.273 e. The summed E-state index contributed by atoms with van der Waals surface area (Å²) in [4.78, 5) is 12.3. The molecule has 1 aromatic rings. The van der Waals surface area contributed by atoms with E-state index in [1.165, 1.54) is 24.3 Å². The molecule has 1 aliphatic rings. The van der Waals surface area contributed by atoms with Gasteiger partial charge >= 0.3 is 0 Å². The van der Waals surface area contributed by atoms with E-state index in [0.29, 0.717) is 6.54 Å². The normalized spacial score (nSPS) is 19.6. The van der Waals surface area contributed by atoms with Gasteiger partial charge in [-0.1, -0.05) is 13.3 Å². The molecule has 1 amide bonds. The highest BCUT2D eigenvalue weighted by atomic mass is 32.2. The summed E-state index contributed by atoms with van der Waals surface area (Å²) in [6.45, 7) is 5.44. The van der Waals surface area contributed by atoms with E-state index >= 15 is 0 Å². The van der Waals surface area contributed by atoms with Crippen molar-refractivity contribution in [2.45, 2.75) is 38.5 Å². The number of unbranched alkanes of at least 4 members (excludes halogenated alkanes) is 1. The number of amides is 1. The Labute approximate surface area is 143 Å². The quantitative estimate of drug-likeness (QED) is 0.760. The van der Waals surface area contributed by atoms with Crippen molar-refractivity contribution in [3.8, 4) is 0 Å². The first-order chi connectivity index (χ1) is 11.0. The van der Waals surface area contributed by atoms with E-state index in [2.05, 4.69) is 4.72 Å². The predicted molar refractivity (Wildman–Crippen MR) is 91.6 cm³/mol. The molecule has 1 saturated heterocycles. The number of nitrogens with zero attached hydrogens (tertiary/aromatic N) is 1. The van der Waals surface area contributed by atoms with Crippen LogP contribution in [0.25, 0.3) is 0 Å². The zero-order valence-corrected chi connectivity index (χ0v) is 15.6. The summed E-state index contributed by atoms with van der Waals surface area (Å²) in [6.07, 6.45) is 1.60. The summed E-state index contributed by atoms with van der Waals surface area (Å²) < 4.78 is 51.9. The standard InChI is InChI=1S/C15H22N2O5S2/c1-4-5-10-16-24(21,22)13-8-6-12(7-9-13)17-14(18)15(2,3)11-23(17,19)20/h6-9,16H,4-5,10-11H2,1-3H3. The Kier molecular flexibility index (Phi) is 5.08. The molecular weight excluding hydrogens is 352 g/mol. The molecule has 1 fully saturated rings. The van der Waals surface area contributed by atoms with Crippen LogP contribution in [0.4, 0.5) is 5.69 Å². The van der Waals surface area contributed by atoms with E-state index in [9.17, 15) is 21.6 Å². The van der Waals surface area contributed by atoms with Crippen molar-refractivity contribution in [2.75, 3.05) is 16.6 Å². The fraction of sp³-hybridized carbons (Fsp3) is 0.533. The SMILES string of the molecule is CCCCNS(=O)(=O)c1ccc(N2C(=O)C(C)(C)CS2(=O)=O)cc1. The molecule has 134 valence electrons. The van der Waals surface area contributed by atoms with Crippen LogP contribution in [0.2, 0.25) is 0 Å². The average molecular weight is 374 g/mol. The van der Waals surface area contributed by atoms with Crippen molar-refractivity contribution >= 4 is 31.6 Å². The highest BCUT2D eigenvalue weighted by Crippen LogP contribution is 2.35. The van der Waals surface area contributed by atoms with Gasteiger partial charge in [0.25, 0.3) is 0 Å². The molecule has 1 aliphatic heterocycles. The third kappa shape index (κ3) is 3.62. The Morgan fingerprint density at radius 1 is 1.21 bits per heavy atom. The number of benzene rings is 1. The van der Waals surface area contributed by atoms with Crippen molar-refractivity contribution in [1.82, 2.24) is 4.72 Å². The lowest BCUT2D eigenvalue weighted by atomic mass is 9.95. The largest absolute Gasteiger partial charge is 0.273 e. The molecule has 1 N–H and O–H groups in total. The number of nitrogens with one attached hydrogen (secondary N) is 1. The van der Waals surface area contributed by atoms with Crippen LogP contribution in [0.5, 0.6) is 0 Å². The zero-order valence-electron chi connectivity index (χ0n) is 13.9. The smallest absolute Gasteiger partial charge is 0.247 e. The molecule has 9 heteroatoms. The van der Waals surface area contributed by atoms with Gasteiger partial charge in [0.2, 0.25) is 26.0 Å². The van der Waals surface area contributed by atoms with Crippen LogP contribution < -0.4 is 9.03 Å². The minimum absolute atomic E-state index is 0.0330. The van der Waals surface area contributed by atoms with Crippen LogP contribution in [0, 0.1) is 5.41 Å². The number of hydrogen-bond acceptors (Lipinski definition) is 5. The van der Waals surface area contributed by atoms with Gasteiger partial charge in [-0.3, -0.25) is 4.79 Å². The third-order valence-electron chi connectivity index (χ3n) is 3.79. The van der Waals surface area contributed by atoms with Crippen LogP contribution in [0.1, 0.15) is 33.6 Å². The van der Waals surface area contributed by atoms with Crippen LogP contribution in [0.3, 0.4) is 0 Å². The predicted octanol–water partition coefficient (Wildman–Crippen LogP) is 1.47. The highest BCUT2D eigenvalue weighted by molar-refractivity contribution is 7.94. The Bertz CT molecular complexity index is 827. The monoisotopic (exact) mass is 374 g/mol. The molecule has 1 aromatic carbocycles. The second-order valence-corrected chi connectivity index (χ2v) is 10.0. The number of carbonyl (C=O) groups is 1. The van der Waals surface area contributed by atoms with Crippen LogP contribution in [-0.4, -0.2) is 35.0 Å². The molecule has 0 spiro atoms. The van der Waals surface area contributed by atoms with Crippen molar-refractivity contribution in [2.24, 2.45) is 5.41 Å².